The zero-order valence-electron chi connectivity index (χ0n) is 4.45. The van der Waals surface area contributed by atoms with Crippen LogP contribution in [0, 0.1) is 0 Å². The molecule has 0 aromatic rings. The van der Waals surface area contributed by atoms with E-state index in [2.05, 4.69) is 37.2 Å². The predicted octanol–water partition coefficient (Wildman–Crippen LogP) is 1.59. The van der Waals surface area contributed by atoms with Crippen LogP contribution in [0.25, 0.3) is 0 Å². The first-order chi connectivity index (χ1) is 3.66. The topological polar surface area (TPSA) is 29.1 Å². The van der Waals surface area contributed by atoms with Crippen LogP contribution in [0.3, 0.4) is 0 Å². The Morgan fingerprint density at radius 3 is 2.38 bits per heavy atom. The summed E-state index contributed by atoms with van der Waals surface area (Å²) in [6.07, 6.45) is 0.522. The van der Waals surface area contributed by atoms with Crippen LogP contribution in [0.1, 0.15) is 13.3 Å². The van der Waals surface area contributed by atoms with E-state index < -0.39 is 0 Å². The van der Waals surface area contributed by atoms with E-state index in [-0.39, 0.29) is 9.77 Å². The molecule has 8 heavy (non-hydrogen) atoms. The average molecular weight is 245 g/mol. The van der Waals surface area contributed by atoms with Gasteiger partial charge in [-0.2, -0.15) is 0 Å². The molecule has 2 nitrogen and oxygen atoms in total. The molecular formula is C4H7Br2NO. The van der Waals surface area contributed by atoms with Crippen molar-refractivity contribution in [1.82, 2.24) is 5.32 Å². The number of amides is 1. The molecule has 0 aliphatic rings. The maximum Gasteiger partial charge on any atom is 0.221 e. The van der Waals surface area contributed by atoms with E-state index in [0.29, 0.717) is 6.42 Å². The van der Waals surface area contributed by atoms with Crippen LogP contribution < -0.4 is 5.32 Å². The molecule has 0 aliphatic carbocycles. The quantitative estimate of drug-likeness (QED) is 0.580. The van der Waals surface area contributed by atoms with E-state index in [1.807, 2.05) is 0 Å². The lowest BCUT2D eigenvalue weighted by Gasteiger charge is -2.01. The normalized spacial score (nSPS) is 9.50. The van der Waals surface area contributed by atoms with Gasteiger partial charge in [0.1, 0.15) is 3.86 Å². The van der Waals surface area contributed by atoms with Gasteiger partial charge in [-0.15, -0.1) is 0 Å². The number of alkyl halides is 2. The van der Waals surface area contributed by atoms with Gasteiger partial charge in [0.15, 0.2) is 0 Å². The minimum Gasteiger partial charge on any atom is -0.334 e. The van der Waals surface area contributed by atoms with E-state index in [1.54, 1.807) is 6.92 Å². The van der Waals surface area contributed by atoms with Crippen molar-refractivity contribution in [2.45, 2.75) is 17.2 Å². The lowest BCUT2D eigenvalue weighted by atomic mass is 10.5. The van der Waals surface area contributed by atoms with Crippen molar-refractivity contribution in [2.24, 2.45) is 0 Å². The van der Waals surface area contributed by atoms with Crippen molar-refractivity contribution in [3.8, 4) is 0 Å². The summed E-state index contributed by atoms with van der Waals surface area (Å²) in [5.41, 5.74) is 0. The molecule has 0 fully saturated rings. The van der Waals surface area contributed by atoms with Crippen molar-refractivity contribution in [3.63, 3.8) is 0 Å². The molecule has 0 heterocycles. The zero-order chi connectivity index (χ0) is 6.57. The van der Waals surface area contributed by atoms with Gasteiger partial charge in [0.05, 0.1) is 0 Å². The van der Waals surface area contributed by atoms with Crippen molar-refractivity contribution < 1.29 is 4.79 Å². The van der Waals surface area contributed by atoms with Crippen molar-refractivity contribution in [2.75, 3.05) is 0 Å². The number of carbonyl (C=O) groups is 1. The molecule has 0 aliphatic heterocycles. The van der Waals surface area contributed by atoms with Crippen LogP contribution >= 0.6 is 31.9 Å². The van der Waals surface area contributed by atoms with Gasteiger partial charge in [0.2, 0.25) is 5.91 Å². The van der Waals surface area contributed by atoms with E-state index >= 15 is 0 Å². The third kappa shape index (κ3) is 4.59. The fraction of sp³-hybridized carbons (Fsp3) is 0.750. The molecule has 0 rings (SSSR count). The Morgan fingerprint density at radius 2 is 2.25 bits per heavy atom. The predicted molar refractivity (Wildman–Crippen MR) is 40.1 cm³/mol. The number of nitrogens with one attached hydrogen (secondary N) is 1. The SMILES string of the molecule is CCC(=O)NC(Br)Br. The molecule has 0 radical (unpaired) electrons. The Balaban J connectivity index is 3.25. The standard InChI is InChI=1S/C4H7Br2NO/c1-2-3(8)7-4(5)6/h4H,2H2,1H3,(H,7,8). The van der Waals surface area contributed by atoms with E-state index in [9.17, 15) is 4.79 Å². The Kier molecular flexibility index (Phi) is 4.56. The summed E-state index contributed by atoms with van der Waals surface area (Å²) >= 11 is 6.20. The largest absolute Gasteiger partial charge is 0.334 e. The van der Waals surface area contributed by atoms with E-state index in [4.69, 9.17) is 0 Å². The van der Waals surface area contributed by atoms with E-state index in [1.165, 1.54) is 0 Å². The molecule has 0 saturated heterocycles. The van der Waals surface area contributed by atoms with Gasteiger partial charge in [-0.25, -0.2) is 0 Å². The summed E-state index contributed by atoms with van der Waals surface area (Å²) < 4.78 is -0.0950. The molecular weight excluding hydrogens is 238 g/mol. The number of halogens is 2. The number of hydrogen-bond acceptors (Lipinski definition) is 1. The Morgan fingerprint density at radius 1 is 1.75 bits per heavy atom. The Labute approximate surface area is 65.3 Å². The minimum atomic E-state index is -0.0950. The van der Waals surface area contributed by atoms with Crippen LogP contribution in [-0.2, 0) is 4.79 Å². The number of carbonyl (C=O) groups excluding carboxylic acids is 1. The molecule has 0 spiro atoms. The minimum absolute atomic E-state index is 0.0313. The number of rotatable bonds is 2. The first-order valence-electron chi connectivity index (χ1n) is 2.24. The molecule has 0 aromatic heterocycles. The van der Waals surface area contributed by atoms with E-state index in [0.717, 1.165) is 0 Å². The molecule has 0 saturated carbocycles. The molecule has 0 aromatic carbocycles. The summed E-state index contributed by atoms with van der Waals surface area (Å²) in [5.74, 6) is 0.0313. The van der Waals surface area contributed by atoms with Crippen LogP contribution in [-0.4, -0.2) is 9.77 Å². The maximum atomic E-state index is 10.5. The molecule has 0 unspecified atom stereocenters. The fourth-order valence-corrected chi connectivity index (χ4v) is 0.734. The smallest absolute Gasteiger partial charge is 0.221 e. The summed E-state index contributed by atoms with van der Waals surface area (Å²) in [6, 6.07) is 0. The van der Waals surface area contributed by atoms with Crippen molar-refractivity contribution in [1.29, 1.82) is 0 Å². The first kappa shape index (κ1) is 8.43. The molecule has 0 atom stereocenters. The van der Waals surface area contributed by atoms with Crippen LogP contribution in [0.5, 0.6) is 0 Å². The molecule has 1 N–H and O–H groups in total. The highest BCUT2D eigenvalue weighted by Crippen LogP contribution is 2.02. The highest BCUT2D eigenvalue weighted by atomic mass is 79.9. The summed E-state index contributed by atoms with van der Waals surface area (Å²) in [6.45, 7) is 1.80. The third-order valence-electron chi connectivity index (χ3n) is 0.591. The molecule has 0 bridgehead atoms. The average Bonchev–Trinajstić information content (AvgIpc) is 1.65. The van der Waals surface area contributed by atoms with Crippen molar-refractivity contribution in [3.05, 3.63) is 0 Å². The van der Waals surface area contributed by atoms with Crippen molar-refractivity contribution >= 4 is 37.8 Å². The third-order valence-corrected chi connectivity index (χ3v) is 1.05. The van der Waals surface area contributed by atoms with Crippen LogP contribution in [0.2, 0.25) is 0 Å². The van der Waals surface area contributed by atoms with Crippen LogP contribution in [0.4, 0.5) is 0 Å². The van der Waals surface area contributed by atoms with Crippen LogP contribution in [0.15, 0.2) is 0 Å². The van der Waals surface area contributed by atoms with Gasteiger partial charge in [-0.1, -0.05) is 38.8 Å². The zero-order valence-corrected chi connectivity index (χ0v) is 7.62. The molecule has 48 valence electrons. The Hall–Kier alpha value is 0.430. The van der Waals surface area contributed by atoms with Gasteiger partial charge >= 0.3 is 0 Å². The van der Waals surface area contributed by atoms with Gasteiger partial charge in [-0.05, 0) is 0 Å². The monoisotopic (exact) mass is 243 g/mol. The van der Waals surface area contributed by atoms with Gasteiger partial charge in [0.25, 0.3) is 0 Å². The second kappa shape index (κ2) is 4.32. The first-order valence-corrected chi connectivity index (χ1v) is 4.07. The summed E-state index contributed by atoms with van der Waals surface area (Å²) in [5, 5.41) is 2.59. The van der Waals surface area contributed by atoms with Gasteiger partial charge in [-0.3, -0.25) is 4.79 Å². The molecule has 4 heteroatoms. The number of hydrogen-bond donors (Lipinski definition) is 1. The highest BCUT2D eigenvalue weighted by Gasteiger charge is 1.99. The summed E-state index contributed by atoms with van der Waals surface area (Å²) in [7, 11) is 0. The lowest BCUT2D eigenvalue weighted by molar-refractivity contribution is -0.120. The molecule has 1 amide bonds. The fourth-order valence-electron chi connectivity index (χ4n) is 0.224. The van der Waals surface area contributed by atoms with Gasteiger partial charge in [0, 0.05) is 6.42 Å². The highest BCUT2D eigenvalue weighted by molar-refractivity contribution is 9.24. The Bertz CT molecular complexity index is 84.1. The second-order valence-electron chi connectivity index (χ2n) is 1.22. The van der Waals surface area contributed by atoms with Gasteiger partial charge < -0.3 is 5.32 Å². The lowest BCUT2D eigenvalue weighted by Crippen LogP contribution is -2.24. The second-order valence-corrected chi connectivity index (χ2v) is 4.28. The summed E-state index contributed by atoms with van der Waals surface area (Å²) in [4.78, 5) is 10.5. The maximum absolute atomic E-state index is 10.5.